The van der Waals surface area contributed by atoms with E-state index in [0.717, 1.165) is 39.6 Å². The molecular formula is C47H56N8O5. The number of aromatic amines is 1. The summed E-state index contributed by atoms with van der Waals surface area (Å²) in [6.45, 7) is 2.54. The number of phenolic OH excluding ortho intramolecular Hbond substituents is 1. The van der Waals surface area contributed by atoms with Crippen molar-refractivity contribution in [1.82, 2.24) is 25.8 Å². The lowest BCUT2D eigenvalue weighted by Gasteiger charge is -2.28. The van der Waals surface area contributed by atoms with Gasteiger partial charge in [-0.05, 0) is 72.6 Å². The number of guanidine groups is 1. The summed E-state index contributed by atoms with van der Waals surface area (Å²) in [6.07, 6.45) is 4.63. The number of aromatic hydroxyl groups is 1. The molecule has 13 nitrogen and oxygen atoms in total. The predicted octanol–water partition coefficient (Wildman–Crippen LogP) is 4.80. The van der Waals surface area contributed by atoms with Gasteiger partial charge in [0.2, 0.25) is 23.6 Å². The molecule has 1 saturated carbocycles. The first kappa shape index (κ1) is 43.0. The fraction of sp³-hybridized carbons (Fsp3) is 0.340. The summed E-state index contributed by atoms with van der Waals surface area (Å²) in [7, 11) is 1.70. The third kappa shape index (κ3) is 10.9. The van der Waals surface area contributed by atoms with E-state index in [-0.39, 0.29) is 48.8 Å². The number of hydrogen-bond donors (Lipinski definition) is 7. The van der Waals surface area contributed by atoms with Crippen LogP contribution < -0.4 is 27.4 Å². The fourth-order valence-corrected chi connectivity index (χ4v) is 7.96. The SMILES string of the molecule is CCC[C@@H](Cc1ccc(O)cc1)C(=O)NC1(C(=O)N[C@@H](CCCN=C(N)N)C(=O)N[C@@H](Cc2c[nH]c3ccccc23)C(=O)N(C)Cc2ccccc2)CC1c1ccccc1. The number of benzene rings is 4. The van der Waals surface area contributed by atoms with Crippen LogP contribution in [-0.2, 0) is 38.6 Å². The van der Waals surface area contributed by atoms with Crippen LogP contribution in [0.15, 0.2) is 120 Å². The molecule has 60 heavy (non-hydrogen) atoms. The number of nitrogens with one attached hydrogen (secondary N) is 4. The quantitative estimate of drug-likeness (QED) is 0.0332. The second-order valence-electron chi connectivity index (χ2n) is 15.8. The number of likely N-dealkylation sites (N-methyl/N-ethyl adjacent to an activating group) is 1. The molecule has 1 aliphatic carbocycles. The van der Waals surface area contributed by atoms with Crippen LogP contribution >= 0.6 is 0 Å². The lowest BCUT2D eigenvalue weighted by molar-refractivity contribution is -0.137. The van der Waals surface area contributed by atoms with Crippen molar-refractivity contribution >= 4 is 40.5 Å². The molecule has 0 aliphatic heterocycles. The van der Waals surface area contributed by atoms with Gasteiger partial charge in [0.1, 0.15) is 23.4 Å². The number of phenols is 1. The summed E-state index contributed by atoms with van der Waals surface area (Å²) in [6, 6.07) is 31.6. The Balaban J connectivity index is 1.27. The highest BCUT2D eigenvalue weighted by Gasteiger charge is 2.62. The first-order valence-corrected chi connectivity index (χ1v) is 20.6. The van der Waals surface area contributed by atoms with Gasteiger partial charge in [-0.2, -0.15) is 0 Å². The Labute approximate surface area is 351 Å². The maximum atomic E-state index is 14.7. The zero-order valence-corrected chi connectivity index (χ0v) is 34.3. The number of carbonyl (C=O) groups is 4. The number of para-hydroxylation sites is 1. The monoisotopic (exact) mass is 812 g/mol. The van der Waals surface area contributed by atoms with E-state index in [1.165, 1.54) is 0 Å². The molecule has 0 bridgehead atoms. The first-order chi connectivity index (χ1) is 29.0. The van der Waals surface area contributed by atoms with E-state index in [2.05, 4.69) is 25.9 Å². The molecule has 0 saturated heterocycles. The Morgan fingerprint density at radius 3 is 2.22 bits per heavy atom. The molecule has 1 aliphatic rings. The Hall–Kier alpha value is -6.63. The molecule has 5 atom stereocenters. The number of aromatic nitrogens is 1. The summed E-state index contributed by atoms with van der Waals surface area (Å²) < 4.78 is 0. The van der Waals surface area contributed by atoms with Crippen LogP contribution in [0.2, 0.25) is 0 Å². The van der Waals surface area contributed by atoms with E-state index in [0.29, 0.717) is 32.2 Å². The Morgan fingerprint density at radius 1 is 0.833 bits per heavy atom. The van der Waals surface area contributed by atoms with Crippen LogP contribution in [0.25, 0.3) is 10.9 Å². The maximum absolute atomic E-state index is 14.7. The van der Waals surface area contributed by atoms with Crippen LogP contribution in [0.1, 0.15) is 67.2 Å². The highest BCUT2D eigenvalue weighted by molar-refractivity contribution is 6.00. The molecule has 1 aromatic heterocycles. The van der Waals surface area contributed by atoms with Crippen LogP contribution in [0.5, 0.6) is 5.75 Å². The van der Waals surface area contributed by atoms with E-state index in [1.54, 1.807) is 36.2 Å². The number of amides is 4. The molecule has 314 valence electrons. The number of carbonyl (C=O) groups excluding carboxylic acids is 4. The minimum atomic E-state index is -1.33. The van der Waals surface area contributed by atoms with Gasteiger partial charge in [-0.1, -0.05) is 104 Å². The number of nitrogens with two attached hydrogens (primary N) is 2. The van der Waals surface area contributed by atoms with Crippen LogP contribution in [0, 0.1) is 5.92 Å². The summed E-state index contributed by atoms with van der Waals surface area (Å²) >= 11 is 0. The highest BCUT2D eigenvalue weighted by Crippen LogP contribution is 2.52. The molecule has 4 amide bonds. The number of hydrogen-bond acceptors (Lipinski definition) is 6. The average Bonchev–Trinajstić information content (AvgIpc) is 3.85. The van der Waals surface area contributed by atoms with Crippen molar-refractivity contribution in [3.63, 3.8) is 0 Å². The number of nitrogens with zero attached hydrogens (tertiary/aromatic N) is 2. The smallest absolute Gasteiger partial charge is 0.247 e. The van der Waals surface area contributed by atoms with Crippen LogP contribution in [-0.4, -0.2) is 75.8 Å². The zero-order chi connectivity index (χ0) is 42.6. The summed E-state index contributed by atoms with van der Waals surface area (Å²) in [5.74, 6) is -2.34. The molecule has 13 heteroatoms. The van der Waals surface area contributed by atoms with E-state index < -0.39 is 35.4 Å². The third-order valence-electron chi connectivity index (χ3n) is 11.3. The van der Waals surface area contributed by atoms with Crippen molar-refractivity contribution in [3.05, 3.63) is 138 Å². The van der Waals surface area contributed by atoms with Crippen molar-refractivity contribution in [3.8, 4) is 5.75 Å². The van der Waals surface area contributed by atoms with Gasteiger partial charge in [0.05, 0.1) is 0 Å². The second-order valence-corrected chi connectivity index (χ2v) is 15.8. The van der Waals surface area contributed by atoms with Crippen LogP contribution in [0.3, 0.4) is 0 Å². The topological polar surface area (TPSA) is 208 Å². The first-order valence-electron chi connectivity index (χ1n) is 20.6. The van der Waals surface area contributed by atoms with Gasteiger partial charge in [-0.25, -0.2) is 0 Å². The lowest BCUT2D eigenvalue weighted by Crippen LogP contribution is -2.59. The van der Waals surface area contributed by atoms with Gasteiger partial charge in [0, 0.05) is 55.5 Å². The molecule has 1 heterocycles. The third-order valence-corrected chi connectivity index (χ3v) is 11.3. The van der Waals surface area contributed by atoms with Crippen molar-refractivity contribution in [2.75, 3.05) is 13.6 Å². The second kappa shape index (κ2) is 19.9. The zero-order valence-electron chi connectivity index (χ0n) is 34.3. The van der Waals surface area contributed by atoms with E-state index >= 15 is 0 Å². The van der Waals surface area contributed by atoms with E-state index in [1.807, 2.05) is 98.0 Å². The van der Waals surface area contributed by atoms with Gasteiger partial charge < -0.3 is 42.4 Å². The van der Waals surface area contributed by atoms with Crippen molar-refractivity contribution in [2.45, 2.75) is 82.0 Å². The number of rotatable bonds is 20. The highest BCUT2D eigenvalue weighted by atomic mass is 16.3. The minimum absolute atomic E-state index is 0.0924. The largest absolute Gasteiger partial charge is 0.508 e. The van der Waals surface area contributed by atoms with Crippen molar-refractivity contribution < 1.29 is 24.3 Å². The Kier molecular flexibility index (Phi) is 14.2. The molecule has 2 unspecified atom stereocenters. The normalized spacial score (nSPS) is 17.1. The van der Waals surface area contributed by atoms with E-state index in [4.69, 9.17) is 11.5 Å². The average molecular weight is 813 g/mol. The summed E-state index contributed by atoms with van der Waals surface area (Å²) in [5, 5.41) is 19.9. The summed E-state index contributed by atoms with van der Waals surface area (Å²) in [5.41, 5.74) is 14.3. The lowest BCUT2D eigenvalue weighted by atomic mass is 9.93. The Morgan fingerprint density at radius 2 is 1.52 bits per heavy atom. The number of aliphatic imine (C=N–C) groups is 1. The minimum Gasteiger partial charge on any atom is -0.508 e. The maximum Gasteiger partial charge on any atom is 0.247 e. The number of fused-ring (bicyclic) bond motifs is 1. The summed E-state index contributed by atoms with van der Waals surface area (Å²) in [4.78, 5) is 66.7. The van der Waals surface area contributed by atoms with Gasteiger partial charge in [0.15, 0.2) is 5.96 Å². The Bertz CT molecular complexity index is 2260. The predicted molar refractivity (Wildman–Crippen MR) is 234 cm³/mol. The van der Waals surface area contributed by atoms with E-state index in [9.17, 15) is 24.3 Å². The molecule has 0 spiro atoms. The number of H-pyrrole nitrogens is 1. The van der Waals surface area contributed by atoms with Crippen molar-refractivity contribution in [2.24, 2.45) is 22.4 Å². The van der Waals surface area contributed by atoms with Gasteiger partial charge in [-0.15, -0.1) is 0 Å². The molecule has 5 aromatic rings. The fourth-order valence-electron chi connectivity index (χ4n) is 7.96. The van der Waals surface area contributed by atoms with Crippen LogP contribution in [0.4, 0.5) is 0 Å². The van der Waals surface area contributed by atoms with Gasteiger partial charge in [0.25, 0.3) is 0 Å². The molecule has 9 N–H and O–H groups in total. The molecule has 1 fully saturated rings. The van der Waals surface area contributed by atoms with Gasteiger partial charge >= 0.3 is 0 Å². The standard InChI is InChI=1S/C47H56N8O5/c1-3-13-34(26-31-21-23-36(56)24-22-31)42(57)54-47(28-38(47)33-16-8-5-9-17-33)45(60)53-40(20-12-25-50-46(48)49)43(58)52-41(27-35-29-51-39-19-11-10-18-37(35)39)44(59)55(2)30-32-14-6-4-7-15-32/h4-11,14-19,21-24,29,34,38,40-41,51,56H,3,12-13,20,25-28,30H2,1-2H3,(H,52,58)(H,53,60)(H,54,57)(H4,48,49,50)/t34-,38?,40-,41-,47?/m0/s1. The molecular weight excluding hydrogens is 757 g/mol. The van der Waals surface area contributed by atoms with Crippen molar-refractivity contribution in [1.29, 1.82) is 0 Å². The molecule has 4 aromatic carbocycles. The van der Waals surface area contributed by atoms with Gasteiger partial charge in [-0.3, -0.25) is 24.2 Å². The molecule has 0 radical (unpaired) electrons. The molecule has 6 rings (SSSR count).